The summed E-state index contributed by atoms with van der Waals surface area (Å²) in [5.41, 5.74) is 6.59. The molecule has 0 radical (unpaired) electrons. The van der Waals surface area contributed by atoms with Crippen LogP contribution in [0.3, 0.4) is 0 Å². The highest BCUT2D eigenvalue weighted by Crippen LogP contribution is 2.20. The van der Waals surface area contributed by atoms with Gasteiger partial charge in [-0.2, -0.15) is 0 Å². The largest absolute Gasteiger partial charge is 0.327 e. The Bertz CT molecular complexity index is 708. The van der Waals surface area contributed by atoms with Crippen molar-refractivity contribution >= 4 is 20.9 Å². The van der Waals surface area contributed by atoms with Crippen LogP contribution >= 0.6 is 0 Å². The normalized spacial score (nSPS) is 13.7. The van der Waals surface area contributed by atoms with E-state index in [1.54, 1.807) is 36.5 Å². The lowest BCUT2D eigenvalue weighted by molar-refractivity contribution is 0.486. The average molecular weight is 307 g/mol. The minimum atomic E-state index is -3.59. The molecule has 114 valence electrons. The molecule has 0 spiro atoms. The van der Waals surface area contributed by atoms with E-state index in [1.807, 2.05) is 0 Å². The maximum absolute atomic E-state index is 12.4. The summed E-state index contributed by atoms with van der Waals surface area (Å²) in [7, 11) is -3.59. The molecule has 0 saturated heterocycles. The van der Waals surface area contributed by atoms with E-state index in [9.17, 15) is 8.42 Å². The molecule has 1 aromatic heterocycles. The van der Waals surface area contributed by atoms with Crippen molar-refractivity contribution < 1.29 is 8.42 Å². The molecule has 1 unspecified atom stereocenters. The van der Waals surface area contributed by atoms with Crippen molar-refractivity contribution in [2.24, 2.45) is 11.7 Å². The van der Waals surface area contributed by atoms with E-state index < -0.39 is 10.0 Å². The van der Waals surface area contributed by atoms with E-state index in [1.165, 1.54) is 0 Å². The lowest BCUT2D eigenvalue weighted by atomic mass is 10.1. The summed E-state index contributed by atoms with van der Waals surface area (Å²) < 4.78 is 27.5. The van der Waals surface area contributed by atoms with Gasteiger partial charge in [-0.05, 0) is 36.6 Å². The molecule has 3 N–H and O–H groups in total. The molecule has 0 bridgehead atoms. The van der Waals surface area contributed by atoms with Gasteiger partial charge in [0.25, 0.3) is 0 Å². The number of aromatic nitrogens is 1. The Morgan fingerprint density at radius 3 is 2.71 bits per heavy atom. The minimum absolute atomic E-state index is 0.187. The molecule has 0 aliphatic carbocycles. The molecule has 2 aromatic rings. The molecule has 1 heterocycles. The van der Waals surface area contributed by atoms with Crippen LogP contribution in [0.1, 0.15) is 20.3 Å². The number of nitrogens with one attached hydrogen (secondary N) is 1. The third kappa shape index (κ3) is 4.00. The van der Waals surface area contributed by atoms with E-state index in [4.69, 9.17) is 5.73 Å². The first-order valence-electron chi connectivity index (χ1n) is 6.99. The van der Waals surface area contributed by atoms with Gasteiger partial charge in [0.15, 0.2) is 0 Å². The van der Waals surface area contributed by atoms with Crippen LogP contribution in [-0.2, 0) is 10.0 Å². The van der Waals surface area contributed by atoms with Gasteiger partial charge in [0, 0.05) is 24.2 Å². The van der Waals surface area contributed by atoms with Gasteiger partial charge in [0.1, 0.15) is 0 Å². The molecule has 0 aliphatic rings. The molecular weight excluding hydrogens is 286 g/mol. The van der Waals surface area contributed by atoms with Crippen LogP contribution in [0.25, 0.3) is 10.9 Å². The van der Waals surface area contributed by atoms with E-state index in [2.05, 4.69) is 23.6 Å². The number of benzene rings is 1. The summed E-state index contributed by atoms with van der Waals surface area (Å²) in [6.45, 7) is 4.35. The lowest BCUT2D eigenvalue weighted by Gasteiger charge is -2.15. The lowest BCUT2D eigenvalue weighted by Crippen LogP contribution is -2.38. The van der Waals surface area contributed by atoms with Crippen LogP contribution in [0.15, 0.2) is 41.4 Å². The zero-order chi connectivity index (χ0) is 15.5. The number of hydrogen-bond donors (Lipinski definition) is 2. The molecule has 21 heavy (non-hydrogen) atoms. The van der Waals surface area contributed by atoms with Crippen LogP contribution in [0.2, 0.25) is 0 Å². The van der Waals surface area contributed by atoms with Gasteiger partial charge in [0.05, 0.1) is 10.4 Å². The molecule has 0 saturated carbocycles. The highest BCUT2D eigenvalue weighted by Gasteiger charge is 2.18. The quantitative estimate of drug-likeness (QED) is 0.853. The highest BCUT2D eigenvalue weighted by molar-refractivity contribution is 7.89. The van der Waals surface area contributed by atoms with E-state index >= 15 is 0 Å². The third-order valence-corrected chi connectivity index (χ3v) is 4.69. The molecule has 2 rings (SSSR count). The molecule has 6 heteroatoms. The maximum atomic E-state index is 12.4. The number of rotatable bonds is 6. The van der Waals surface area contributed by atoms with Crippen molar-refractivity contribution in [1.29, 1.82) is 0 Å². The Hall–Kier alpha value is -1.50. The van der Waals surface area contributed by atoms with Gasteiger partial charge in [-0.3, -0.25) is 4.98 Å². The molecule has 0 aliphatic heterocycles. The average Bonchev–Trinajstić information content (AvgIpc) is 2.44. The number of nitrogens with two attached hydrogens (primary N) is 1. The fourth-order valence-corrected chi connectivity index (χ4v) is 3.60. The molecule has 0 fully saturated rings. The SMILES string of the molecule is CC(C)CC(N)CNS(=O)(=O)c1cccc2ncccc12. The van der Waals surface area contributed by atoms with Crippen molar-refractivity contribution in [3.8, 4) is 0 Å². The Morgan fingerprint density at radius 1 is 1.24 bits per heavy atom. The van der Waals surface area contributed by atoms with Crippen molar-refractivity contribution in [3.63, 3.8) is 0 Å². The Kier molecular flexibility index (Phi) is 4.92. The highest BCUT2D eigenvalue weighted by atomic mass is 32.2. The predicted octanol–water partition coefficient (Wildman–Crippen LogP) is 1.89. The minimum Gasteiger partial charge on any atom is -0.327 e. The van der Waals surface area contributed by atoms with Gasteiger partial charge in [-0.15, -0.1) is 0 Å². The van der Waals surface area contributed by atoms with Crippen molar-refractivity contribution in [3.05, 3.63) is 36.5 Å². The second-order valence-corrected chi connectivity index (χ2v) is 7.30. The monoisotopic (exact) mass is 307 g/mol. The van der Waals surface area contributed by atoms with Gasteiger partial charge in [0.2, 0.25) is 10.0 Å². The van der Waals surface area contributed by atoms with Crippen LogP contribution in [-0.4, -0.2) is 26.0 Å². The van der Waals surface area contributed by atoms with E-state index in [0.29, 0.717) is 16.8 Å². The van der Waals surface area contributed by atoms with Crippen molar-refractivity contribution in [2.75, 3.05) is 6.54 Å². The second-order valence-electron chi connectivity index (χ2n) is 5.57. The molecule has 1 atom stereocenters. The van der Waals surface area contributed by atoms with Gasteiger partial charge in [-0.25, -0.2) is 13.1 Å². The summed E-state index contributed by atoms with van der Waals surface area (Å²) in [6, 6.07) is 8.36. The summed E-state index contributed by atoms with van der Waals surface area (Å²) in [4.78, 5) is 4.41. The molecule has 1 aromatic carbocycles. The van der Waals surface area contributed by atoms with Crippen LogP contribution in [0, 0.1) is 5.92 Å². The first-order valence-corrected chi connectivity index (χ1v) is 8.47. The fourth-order valence-electron chi connectivity index (χ4n) is 2.29. The van der Waals surface area contributed by atoms with Gasteiger partial charge >= 0.3 is 0 Å². The summed E-state index contributed by atoms with van der Waals surface area (Å²) in [5, 5.41) is 0.616. The zero-order valence-corrected chi connectivity index (χ0v) is 13.1. The van der Waals surface area contributed by atoms with E-state index in [-0.39, 0.29) is 17.5 Å². The second kappa shape index (κ2) is 6.51. The molecule has 5 nitrogen and oxygen atoms in total. The number of fused-ring (bicyclic) bond motifs is 1. The Morgan fingerprint density at radius 2 is 2.00 bits per heavy atom. The zero-order valence-electron chi connectivity index (χ0n) is 12.3. The number of sulfonamides is 1. The van der Waals surface area contributed by atoms with Crippen molar-refractivity contribution in [2.45, 2.75) is 31.2 Å². The van der Waals surface area contributed by atoms with Crippen LogP contribution in [0.5, 0.6) is 0 Å². The van der Waals surface area contributed by atoms with Gasteiger partial charge < -0.3 is 5.73 Å². The molecule has 0 amide bonds. The third-order valence-electron chi connectivity index (χ3n) is 3.20. The Balaban J connectivity index is 2.22. The Labute approximate surface area is 125 Å². The number of nitrogens with zero attached hydrogens (tertiary/aromatic N) is 1. The number of hydrogen-bond acceptors (Lipinski definition) is 4. The number of pyridine rings is 1. The van der Waals surface area contributed by atoms with Crippen molar-refractivity contribution in [1.82, 2.24) is 9.71 Å². The summed E-state index contributed by atoms with van der Waals surface area (Å²) >= 11 is 0. The first-order chi connectivity index (χ1) is 9.90. The fraction of sp³-hybridized carbons (Fsp3) is 0.400. The summed E-state index contributed by atoms with van der Waals surface area (Å²) in [6.07, 6.45) is 2.42. The topological polar surface area (TPSA) is 85.1 Å². The van der Waals surface area contributed by atoms with Crippen LogP contribution < -0.4 is 10.5 Å². The predicted molar refractivity (Wildman–Crippen MR) is 84.4 cm³/mol. The van der Waals surface area contributed by atoms with Crippen LogP contribution in [0.4, 0.5) is 0 Å². The molecular formula is C15H21N3O2S. The standard InChI is InChI=1S/C15H21N3O2S/c1-11(2)9-12(16)10-18-21(19,20)15-7-3-6-14-13(15)5-4-8-17-14/h3-8,11-12,18H,9-10,16H2,1-2H3. The summed E-state index contributed by atoms with van der Waals surface area (Å²) in [5.74, 6) is 0.436. The van der Waals surface area contributed by atoms with Gasteiger partial charge in [-0.1, -0.05) is 19.9 Å². The maximum Gasteiger partial charge on any atom is 0.241 e. The smallest absolute Gasteiger partial charge is 0.241 e. The first kappa shape index (κ1) is 15.9. The van der Waals surface area contributed by atoms with E-state index in [0.717, 1.165) is 6.42 Å².